The van der Waals surface area contributed by atoms with Gasteiger partial charge in [-0.1, -0.05) is 43.0 Å². The first-order valence-corrected chi connectivity index (χ1v) is 7.85. The second-order valence-corrected chi connectivity index (χ2v) is 6.04. The Hall–Kier alpha value is -1.75. The number of aromatic amines is 1. The third-order valence-corrected chi connectivity index (χ3v) is 3.73. The molecule has 0 spiro atoms. The van der Waals surface area contributed by atoms with Crippen LogP contribution < -0.4 is 5.32 Å². The van der Waals surface area contributed by atoms with E-state index >= 15 is 0 Å². The number of hydrogen-bond acceptors (Lipinski definition) is 1. The summed E-state index contributed by atoms with van der Waals surface area (Å²) in [5, 5.41) is 4.40. The molecule has 2 nitrogen and oxygen atoms in total. The van der Waals surface area contributed by atoms with Gasteiger partial charge in [-0.05, 0) is 53.1 Å². The van der Waals surface area contributed by atoms with Crippen LogP contribution in [0.25, 0.3) is 14.5 Å². The normalized spacial score (nSPS) is 9.86. The van der Waals surface area contributed by atoms with Crippen LogP contribution in [-0.2, 0) is 0 Å². The van der Waals surface area contributed by atoms with Gasteiger partial charge in [0, 0.05) is 33.1 Å². The predicted octanol–water partition coefficient (Wildman–Crippen LogP) is 5.61. The fraction of sp³-hybridized carbons (Fsp3) is 0.111. The highest BCUT2D eigenvalue weighted by Gasteiger charge is 1.99. The first-order valence-electron chi connectivity index (χ1n) is 6.77. The summed E-state index contributed by atoms with van der Waals surface area (Å²) in [4.78, 5) is 3.26. The van der Waals surface area contributed by atoms with Crippen LogP contribution in [0.1, 0.15) is 11.3 Å². The van der Waals surface area contributed by atoms with Gasteiger partial charge < -0.3 is 10.3 Å². The summed E-state index contributed by atoms with van der Waals surface area (Å²) in [6, 6.07) is 18.6. The van der Waals surface area contributed by atoms with Crippen LogP contribution in [0.2, 0.25) is 0 Å². The number of aromatic nitrogens is 1. The second-order valence-electron chi connectivity index (χ2n) is 4.74. The monoisotopic (exact) mass is 390 g/mol. The highest BCUT2D eigenvalue weighted by atomic mass is 127. The average molecular weight is 390 g/mol. The summed E-state index contributed by atoms with van der Waals surface area (Å²) < 4.78 is 1.06. The van der Waals surface area contributed by atoms with Gasteiger partial charge >= 0.3 is 0 Å². The molecule has 3 aromatic rings. The molecular formula is C18H19IN2. The van der Waals surface area contributed by atoms with Crippen LogP contribution in [0.5, 0.6) is 0 Å². The molecule has 3 heteroatoms. The van der Waals surface area contributed by atoms with Crippen LogP contribution >= 0.6 is 22.6 Å². The first kappa shape index (κ1) is 15.6. The van der Waals surface area contributed by atoms with Crippen molar-refractivity contribution in [3.63, 3.8) is 0 Å². The summed E-state index contributed by atoms with van der Waals surface area (Å²) in [6.45, 7) is 5.95. The molecule has 0 aliphatic rings. The van der Waals surface area contributed by atoms with E-state index in [0.29, 0.717) is 0 Å². The van der Waals surface area contributed by atoms with Gasteiger partial charge in [0.05, 0.1) is 0 Å². The van der Waals surface area contributed by atoms with E-state index in [1.807, 2.05) is 31.3 Å². The number of aryl methyl sites for hydroxylation is 1. The molecular weight excluding hydrogens is 371 g/mol. The van der Waals surface area contributed by atoms with Crippen molar-refractivity contribution in [2.45, 2.75) is 6.92 Å². The number of halogens is 1. The summed E-state index contributed by atoms with van der Waals surface area (Å²) >= 11 is 2.22. The third-order valence-electron chi connectivity index (χ3n) is 3.15. The Morgan fingerprint density at radius 2 is 1.76 bits per heavy atom. The minimum absolute atomic E-state index is 1.06. The molecule has 108 valence electrons. The lowest BCUT2D eigenvalue weighted by atomic mass is 10.2. The number of para-hydroxylation sites is 2. The Morgan fingerprint density at radius 1 is 1.10 bits per heavy atom. The number of rotatable bonds is 2. The predicted molar refractivity (Wildman–Crippen MR) is 102 cm³/mol. The van der Waals surface area contributed by atoms with Gasteiger partial charge in [0.2, 0.25) is 0 Å². The topological polar surface area (TPSA) is 27.8 Å². The Bertz CT molecular complexity index is 711. The minimum Gasteiger partial charge on any atom is -0.388 e. The largest absolute Gasteiger partial charge is 0.388 e. The van der Waals surface area contributed by atoms with E-state index in [0.717, 1.165) is 9.27 Å². The molecule has 1 heterocycles. The molecule has 0 unspecified atom stereocenters. The van der Waals surface area contributed by atoms with Crippen LogP contribution in [0.3, 0.4) is 0 Å². The highest BCUT2D eigenvalue weighted by molar-refractivity contribution is 14.1. The molecule has 2 N–H and O–H groups in total. The van der Waals surface area contributed by atoms with Gasteiger partial charge in [0.25, 0.3) is 0 Å². The Balaban J connectivity index is 0.000000154. The van der Waals surface area contributed by atoms with E-state index in [9.17, 15) is 0 Å². The van der Waals surface area contributed by atoms with Gasteiger partial charge in [0.1, 0.15) is 0 Å². The van der Waals surface area contributed by atoms with Crippen LogP contribution in [0, 0.1) is 6.92 Å². The van der Waals surface area contributed by atoms with Crippen molar-refractivity contribution in [2.24, 2.45) is 0 Å². The van der Waals surface area contributed by atoms with E-state index < -0.39 is 0 Å². The van der Waals surface area contributed by atoms with Crippen molar-refractivity contribution < 1.29 is 0 Å². The molecule has 0 fully saturated rings. The summed E-state index contributed by atoms with van der Waals surface area (Å²) in [5.41, 5.74) is 4.75. The molecule has 0 saturated carbocycles. The van der Waals surface area contributed by atoms with Crippen molar-refractivity contribution >= 4 is 42.8 Å². The molecule has 0 bridgehead atoms. The molecule has 21 heavy (non-hydrogen) atoms. The lowest BCUT2D eigenvalue weighted by Gasteiger charge is -2.05. The van der Waals surface area contributed by atoms with Crippen molar-refractivity contribution in [1.29, 1.82) is 0 Å². The maximum atomic E-state index is 3.88. The SMILES string of the molecule is C=C(I)c1ccccc1NC.Cc1cc2ccccc2[nH]1. The maximum absolute atomic E-state index is 3.88. The van der Waals surface area contributed by atoms with Crippen molar-refractivity contribution in [1.82, 2.24) is 4.98 Å². The lowest BCUT2D eigenvalue weighted by molar-refractivity contribution is 1.30. The Labute approximate surface area is 139 Å². The fourth-order valence-electron chi connectivity index (χ4n) is 2.16. The first-order chi connectivity index (χ1) is 10.1. The zero-order chi connectivity index (χ0) is 15.2. The fourth-order valence-corrected chi connectivity index (χ4v) is 2.63. The molecule has 0 aliphatic heterocycles. The van der Waals surface area contributed by atoms with Gasteiger partial charge in [-0.3, -0.25) is 0 Å². The molecule has 2 aromatic carbocycles. The van der Waals surface area contributed by atoms with Crippen molar-refractivity contribution in [3.05, 3.63) is 72.4 Å². The van der Waals surface area contributed by atoms with Gasteiger partial charge in [-0.2, -0.15) is 0 Å². The summed E-state index contributed by atoms with van der Waals surface area (Å²) in [7, 11) is 1.92. The van der Waals surface area contributed by atoms with Gasteiger partial charge in [0.15, 0.2) is 0 Å². The number of H-pyrrole nitrogens is 1. The standard InChI is InChI=1S/C9H10IN.C9H9N/c1-7(10)8-5-3-4-6-9(8)11-2;1-7-6-8-4-2-3-5-9(8)10-7/h3-6,11H,1H2,2H3;2-6,10H,1H3. The number of benzene rings is 2. The van der Waals surface area contributed by atoms with Gasteiger partial charge in [-0.15, -0.1) is 0 Å². The minimum atomic E-state index is 1.06. The average Bonchev–Trinajstić information content (AvgIpc) is 2.87. The molecule has 0 atom stereocenters. The van der Waals surface area contributed by atoms with Gasteiger partial charge in [-0.25, -0.2) is 0 Å². The van der Waals surface area contributed by atoms with E-state index in [-0.39, 0.29) is 0 Å². The van der Waals surface area contributed by atoms with E-state index in [2.05, 4.69) is 76.7 Å². The molecule has 3 rings (SSSR count). The zero-order valence-electron chi connectivity index (χ0n) is 12.3. The maximum Gasteiger partial charge on any atom is 0.0455 e. The third kappa shape index (κ3) is 4.11. The van der Waals surface area contributed by atoms with Crippen molar-refractivity contribution in [2.75, 3.05) is 12.4 Å². The number of fused-ring (bicyclic) bond motifs is 1. The lowest BCUT2D eigenvalue weighted by Crippen LogP contribution is -1.91. The number of hydrogen-bond donors (Lipinski definition) is 2. The van der Waals surface area contributed by atoms with E-state index in [4.69, 9.17) is 0 Å². The van der Waals surface area contributed by atoms with Crippen LogP contribution in [-0.4, -0.2) is 12.0 Å². The van der Waals surface area contributed by atoms with Crippen LogP contribution in [0.15, 0.2) is 61.2 Å². The summed E-state index contributed by atoms with van der Waals surface area (Å²) in [5.74, 6) is 0. The smallest absolute Gasteiger partial charge is 0.0455 e. The molecule has 1 aromatic heterocycles. The zero-order valence-corrected chi connectivity index (χ0v) is 14.4. The van der Waals surface area contributed by atoms with E-state index in [1.54, 1.807) is 0 Å². The number of nitrogens with one attached hydrogen (secondary N) is 2. The second kappa shape index (κ2) is 7.31. The van der Waals surface area contributed by atoms with E-state index in [1.165, 1.54) is 22.2 Å². The summed E-state index contributed by atoms with van der Waals surface area (Å²) in [6.07, 6.45) is 0. The molecule has 0 aliphatic carbocycles. The molecule has 0 amide bonds. The number of anilines is 1. The highest BCUT2D eigenvalue weighted by Crippen LogP contribution is 2.26. The van der Waals surface area contributed by atoms with Crippen LogP contribution in [0.4, 0.5) is 5.69 Å². The Kier molecular flexibility index (Phi) is 5.44. The quantitative estimate of drug-likeness (QED) is 0.547. The Morgan fingerprint density at radius 3 is 2.38 bits per heavy atom. The van der Waals surface area contributed by atoms with Crippen molar-refractivity contribution in [3.8, 4) is 0 Å². The molecule has 0 radical (unpaired) electrons. The molecule has 0 saturated heterocycles.